The Bertz CT molecular complexity index is 656. The Morgan fingerprint density at radius 1 is 1.35 bits per heavy atom. The summed E-state index contributed by atoms with van der Waals surface area (Å²) >= 11 is 0. The van der Waals surface area contributed by atoms with Gasteiger partial charge in [-0.25, -0.2) is 4.98 Å². The molecule has 0 aromatic carbocycles. The Hall–Kier alpha value is -1.89. The number of H-pyrrole nitrogens is 1. The fourth-order valence-electron chi connectivity index (χ4n) is 5.19. The molecule has 0 saturated carbocycles. The van der Waals surface area contributed by atoms with Gasteiger partial charge in [0.05, 0.1) is 12.0 Å². The fourth-order valence-corrected chi connectivity index (χ4v) is 5.19. The number of aromatic amines is 1. The van der Waals surface area contributed by atoms with E-state index >= 15 is 0 Å². The van der Waals surface area contributed by atoms with Gasteiger partial charge in [0, 0.05) is 43.6 Å². The molecule has 0 aliphatic carbocycles. The number of hydrogen-bond donors (Lipinski definition) is 2. The summed E-state index contributed by atoms with van der Waals surface area (Å²) in [6, 6.07) is 0.245. The van der Waals surface area contributed by atoms with Crippen LogP contribution in [0.25, 0.3) is 0 Å². The van der Waals surface area contributed by atoms with Crippen LogP contribution in [0.15, 0.2) is 12.4 Å². The summed E-state index contributed by atoms with van der Waals surface area (Å²) < 4.78 is 5.41. The fraction of sp³-hybridized carbons (Fsp3) is 0.737. The van der Waals surface area contributed by atoms with E-state index in [9.17, 15) is 9.59 Å². The van der Waals surface area contributed by atoms with Crippen LogP contribution >= 0.6 is 0 Å². The smallest absolute Gasteiger partial charge is 0.228 e. The molecule has 3 saturated heterocycles. The molecule has 7 nitrogen and oxygen atoms in total. The van der Waals surface area contributed by atoms with E-state index in [2.05, 4.69) is 27.1 Å². The zero-order chi connectivity index (χ0) is 18.1. The third-order valence-electron chi connectivity index (χ3n) is 6.62. The number of aromatic nitrogens is 2. The summed E-state index contributed by atoms with van der Waals surface area (Å²) in [6.45, 7) is 3.81. The summed E-state index contributed by atoms with van der Waals surface area (Å²) in [5.41, 5.74) is -0.462. The van der Waals surface area contributed by atoms with Crippen LogP contribution in [0.4, 0.5) is 0 Å². The number of imidazole rings is 1. The maximum atomic E-state index is 13.2. The maximum absolute atomic E-state index is 13.2. The lowest BCUT2D eigenvalue weighted by molar-refractivity contribution is -0.142. The van der Waals surface area contributed by atoms with Crippen molar-refractivity contribution in [2.75, 3.05) is 13.2 Å². The van der Waals surface area contributed by atoms with Gasteiger partial charge in [-0.3, -0.25) is 9.59 Å². The minimum absolute atomic E-state index is 0.0319. The van der Waals surface area contributed by atoms with Gasteiger partial charge in [-0.1, -0.05) is 6.92 Å². The average Bonchev–Trinajstić information content (AvgIpc) is 3.41. The summed E-state index contributed by atoms with van der Waals surface area (Å²) in [7, 11) is 0. The second kappa shape index (κ2) is 7.02. The van der Waals surface area contributed by atoms with E-state index in [0.29, 0.717) is 19.8 Å². The summed E-state index contributed by atoms with van der Waals surface area (Å²) in [6.07, 6.45) is 8.54. The number of fused-ring (bicyclic) bond motifs is 2. The first-order chi connectivity index (χ1) is 12.7. The minimum Gasteiger partial charge on any atom is -0.381 e. The van der Waals surface area contributed by atoms with E-state index in [1.807, 2.05) is 0 Å². The van der Waals surface area contributed by atoms with Crippen LogP contribution in [-0.4, -0.2) is 52.0 Å². The van der Waals surface area contributed by atoms with Crippen molar-refractivity contribution in [3.63, 3.8) is 0 Å². The molecule has 1 aromatic heterocycles. The van der Waals surface area contributed by atoms with Gasteiger partial charge in [0.2, 0.25) is 11.8 Å². The lowest BCUT2D eigenvalue weighted by atomic mass is 9.71. The molecule has 2 amide bonds. The molecule has 3 aliphatic heterocycles. The van der Waals surface area contributed by atoms with Gasteiger partial charge in [0.1, 0.15) is 5.82 Å². The molecule has 1 aromatic rings. The van der Waals surface area contributed by atoms with E-state index in [-0.39, 0.29) is 29.8 Å². The van der Waals surface area contributed by atoms with Crippen LogP contribution in [-0.2, 0) is 20.9 Å². The van der Waals surface area contributed by atoms with Crippen LogP contribution in [0.2, 0.25) is 0 Å². The lowest BCUT2D eigenvalue weighted by Gasteiger charge is -2.36. The molecule has 4 heterocycles. The molecule has 3 atom stereocenters. The molecule has 3 aliphatic rings. The Labute approximate surface area is 153 Å². The van der Waals surface area contributed by atoms with Gasteiger partial charge in [0.15, 0.2) is 0 Å². The van der Waals surface area contributed by atoms with Crippen LogP contribution < -0.4 is 5.32 Å². The van der Waals surface area contributed by atoms with Crippen molar-refractivity contribution >= 4 is 11.8 Å². The van der Waals surface area contributed by atoms with Crippen LogP contribution in [0.1, 0.15) is 51.3 Å². The summed E-state index contributed by atoms with van der Waals surface area (Å²) in [4.78, 5) is 35.5. The van der Waals surface area contributed by atoms with Crippen LogP contribution in [0.3, 0.4) is 0 Å². The van der Waals surface area contributed by atoms with Crippen molar-refractivity contribution < 1.29 is 14.3 Å². The number of nitrogens with zero attached hydrogens (tertiary/aromatic N) is 2. The number of rotatable bonds is 5. The third-order valence-corrected chi connectivity index (χ3v) is 6.62. The SMILES string of the molecule is CC[C@]1(C(=O)NCc2ncc[nH]2)C[C@H]2CC[C@@H]1N2C(=O)C1CCOCC1. The largest absolute Gasteiger partial charge is 0.381 e. The minimum atomic E-state index is -0.462. The van der Waals surface area contributed by atoms with Crippen molar-refractivity contribution in [2.45, 2.75) is 64.1 Å². The van der Waals surface area contributed by atoms with Crippen molar-refractivity contribution in [2.24, 2.45) is 11.3 Å². The topological polar surface area (TPSA) is 87.3 Å². The number of hydrogen-bond acceptors (Lipinski definition) is 4. The number of carbonyl (C=O) groups excluding carboxylic acids is 2. The van der Waals surface area contributed by atoms with E-state index in [0.717, 1.165) is 44.3 Å². The number of amides is 2. The van der Waals surface area contributed by atoms with Crippen molar-refractivity contribution in [1.29, 1.82) is 0 Å². The third kappa shape index (κ3) is 2.82. The molecule has 0 spiro atoms. The first-order valence-electron chi connectivity index (χ1n) is 9.82. The molecule has 2 N–H and O–H groups in total. The van der Waals surface area contributed by atoms with Gasteiger partial charge in [-0.15, -0.1) is 0 Å². The Morgan fingerprint density at radius 2 is 2.15 bits per heavy atom. The van der Waals surface area contributed by atoms with E-state index < -0.39 is 5.41 Å². The molecule has 26 heavy (non-hydrogen) atoms. The first kappa shape index (κ1) is 17.5. The molecular formula is C19H28N4O3. The second-order valence-corrected chi connectivity index (χ2v) is 7.81. The van der Waals surface area contributed by atoms with Gasteiger partial charge < -0.3 is 19.9 Å². The molecule has 142 valence electrons. The number of ether oxygens (including phenoxy) is 1. The highest BCUT2D eigenvalue weighted by atomic mass is 16.5. The standard InChI is InChI=1S/C19H28N4O3/c1-2-19(18(25)22-12-16-20-7-8-21-16)11-14-3-4-15(19)23(14)17(24)13-5-9-26-10-6-13/h7-8,13-15H,2-6,9-12H2,1H3,(H,20,21)(H,22,25)/t14-,15+,19+/m1/s1. The quantitative estimate of drug-likeness (QED) is 0.835. The maximum Gasteiger partial charge on any atom is 0.228 e. The van der Waals surface area contributed by atoms with Gasteiger partial charge in [-0.05, 0) is 38.5 Å². The molecule has 2 bridgehead atoms. The number of nitrogens with one attached hydrogen (secondary N) is 2. The Balaban J connectivity index is 1.48. The Morgan fingerprint density at radius 3 is 2.85 bits per heavy atom. The van der Waals surface area contributed by atoms with Gasteiger partial charge >= 0.3 is 0 Å². The normalized spacial score (nSPS) is 31.3. The van der Waals surface area contributed by atoms with Crippen molar-refractivity contribution in [1.82, 2.24) is 20.2 Å². The van der Waals surface area contributed by atoms with E-state index in [4.69, 9.17) is 4.74 Å². The average molecular weight is 360 g/mol. The van der Waals surface area contributed by atoms with Gasteiger partial charge in [0.25, 0.3) is 0 Å². The molecular weight excluding hydrogens is 332 g/mol. The molecule has 7 heteroatoms. The zero-order valence-electron chi connectivity index (χ0n) is 15.4. The highest BCUT2D eigenvalue weighted by Gasteiger charge is 2.60. The molecule has 3 fully saturated rings. The van der Waals surface area contributed by atoms with E-state index in [1.54, 1.807) is 12.4 Å². The molecule has 4 rings (SSSR count). The molecule has 0 radical (unpaired) electrons. The summed E-state index contributed by atoms with van der Waals surface area (Å²) in [5, 5.41) is 3.05. The second-order valence-electron chi connectivity index (χ2n) is 7.81. The predicted octanol–water partition coefficient (Wildman–Crippen LogP) is 1.61. The molecule has 0 unspecified atom stereocenters. The van der Waals surface area contributed by atoms with E-state index in [1.165, 1.54) is 0 Å². The van der Waals surface area contributed by atoms with Crippen molar-refractivity contribution in [3.05, 3.63) is 18.2 Å². The van der Waals surface area contributed by atoms with Gasteiger partial charge in [-0.2, -0.15) is 0 Å². The van der Waals surface area contributed by atoms with Crippen LogP contribution in [0.5, 0.6) is 0 Å². The highest BCUT2D eigenvalue weighted by molar-refractivity contribution is 5.87. The number of carbonyl (C=O) groups is 2. The highest BCUT2D eigenvalue weighted by Crippen LogP contribution is 2.52. The van der Waals surface area contributed by atoms with Crippen molar-refractivity contribution in [3.8, 4) is 0 Å². The first-order valence-corrected chi connectivity index (χ1v) is 9.82. The summed E-state index contributed by atoms with van der Waals surface area (Å²) in [5.74, 6) is 1.12. The predicted molar refractivity (Wildman–Crippen MR) is 95.0 cm³/mol. The Kier molecular flexibility index (Phi) is 4.73. The van der Waals surface area contributed by atoms with Crippen LogP contribution in [0, 0.1) is 11.3 Å². The zero-order valence-corrected chi connectivity index (χ0v) is 15.4. The monoisotopic (exact) mass is 360 g/mol. The lowest BCUT2D eigenvalue weighted by Crippen LogP contribution is -2.50.